The summed E-state index contributed by atoms with van der Waals surface area (Å²) in [7, 11) is 6.01. The van der Waals surface area contributed by atoms with Crippen molar-refractivity contribution in [3.8, 4) is 0 Å². The van der Waals surface area contributed by atoms with Crippen molar-refractivity contribution in [1.29, 1.82) is 0 Å². The fraction of sp³-hybridized carbons (Fsp3) is 0.636. The van der Waals surface area contributed by atoms with E-state index in [2.05, 4.69) is 21.9 Å². The fourth-order valence-electron chi connectivity index (χ4n) is 1.55. The number of aromatic nitrogens is 2. The maximum absolute atomic E-state index is 4.49. The largest absolute Gasteiger partial charge is 0.359 e. The molecular formula is C11H18N4. The van der Waals surface area contributed by atoms with Gasteiger partial charge in [0.1, 0.15) is 5.82 Å². The van der Waals surface area contributed by atoms with Gasteiger partial charge in [-0.25, -0.2) is 4.98 Å². The predicted octanol–water partition coefficient (Wildman–Crippen LogP) is 1.39. The van der Waals surface area contributed by atoms with Crippen molar-refractivity contribution in [3.05, 3.63) is 12.3 Å². The summed E-state index contributed by atoms with van der Waals surface area (Å²) in [5, 5.41) is 0. The van der Waals surface area contributed by atoms with Gasteiger partial charge >= 0.3 is 0 Å². The van der Waals surface area contributed by atoms with Crippen molar-refractivity contribution in [2.75, 3.05) is 37.5 Å². The van der Waals surface area contributed by atoms with E-state index in [4.69, 9.17) is 0 Å². The summed E-state index contributed by atoms with van der Waals surface area (Å²) in [6.07, 6.45) is 4.56. The van der Waals surface area contributed by atoms with Crippen LogP contribution >= 0.6 is 0 Å². The lowest BCUT2D eigenvalue weighted by Crippen LogP contribution is -2.22. The molecule has 15 heavy (non-hydrogen) atoms. The van der Waals surface area contributed by atoms with Crippen LogP contribution in [0, 0.1) is 5.92 Å². The Kier molecular flexibility index (Phi) is 2.75. The second-order valence-electron chi connectivity index (χ2n) is 4.43. The molecule has 0 aliphatic heterocycles. The number of anilines is 2. The number of rotatable bonds is 4. The van der Waals surface area contributed by atoms with Crippen molar-refractivity contribution >= 4 is 11.8 Å². The van der Waals surface area contributed by atoms with Crippen LogP contribution in [0.1, 0.15) is 12.8 Å². The third-order valence-electron chi connectivity index (χ3n) is 2.65. The summed E-state index contributed by atoms with van der Waals surface area (Å²) < 4.78 is 0. The van der Waals surface area contributed by atoms with Crippen LogP contribution in [0.2, 0.25) is 0 Å². The SMILES string of the molecule is CN(C)c1nccc(N(C)CC2CC2)n1. The van der Waals surface area contributed by atoms with E-state index in [-0.39, 0.29) is 0 Å². The highest BCUT2D eigenvalue weighted by Crippen LogP contribution is 2.30. The van der Waals surface area contributed by atoms with Gasteiger partial charge in [0.05, 0.1) is 0 Å². The molecule has 0 atom stereocenters. The van der Waals surface area contributed by atoms with Gasteiger partial charge in [-0.1, -0.05) is 0 Å². The molecule has 0 unspecified atom stereocenters. The number of nitrogens with zero attached hydrogens (tertiary/aromatic N) is 4. The van der Waals surface area contributed by atoms with Gasteiger partial charge in [-0.15, -0.1) is 0 Å². The molecule has 1 aromatic heterocycles. The zero-order valence-corrected chi connectivity index (χ0v) is 9.64. The van der Waals surface area contributed by atoms with Crippen LogP contribution in [-0.4, -0.2) is 37.7 Å². The van der Waals surface area contributed by atoms with Crippen LogP contribution in [0.3, 0.4) is 0 Å². The summed E-state index contributed by atoms with van der Waals surface area (Å²) in [6, 6.07) is 1.97. The zero-order valence-electron chi connectivity index (χ0n) is 9.64. The minimum Gasteiger partial charge on any atom is -0.359 e. The average molecular weight is 206 g/mol. The zero-order chi connectivity index (χ0) is 10.8. The Labute approximate surface area is 90.9 Å². The molecule has 4 nitrogen and oxygen atoms in total. The summed E-state index contributed by atoms with van der Waals surface area (Å²) >= 11 is 0. The maximum atomic E-state index is 4.49. The van der Waals surface area contributed by atoms with E-state index in [0.29, 0.717) is 0 Å². The molecule has 0 radical (unpaired) electrons. The molecule has 0 N–H and O–H groups in total. The average Bonchev–Trinajstić information content (AvgIpc) is 3.02. The Bertz CT molecular complexity index is 333. The summed E-state index contributed by atoms with van der Waals surface area (Å²) in [5.41, 5.74) is 0. The first-order chi connectivity index (χ1) is 7.16. The highest BCUT2D eigenvalue weighted by atomic mass is 15.3. The van der Waals surface area contributed by atoms with Gasteiger partial charge in [-0.3, -0.25) is 0 Å². The third-order valence-corrected chi connectivity index (χ3v) is 2.65. The lowest BCUT2D eigenvalue weighted by atomic mass is 10.4. The third kappa shape index (κ3) is 2.58. The Hall–Kier alpha value is -1.32. The van der Waals surface area contributed by atoms with Crippen LogP contribution in [-0.2, 0) is 0 Å². The minimum absolute atomic E-state index is 0.773. The van der Waals surface area contributed by atoms with Gasteiger partial charge in [0.25, 0.3) is 0 Å². The van der Waals surface area contributed by atoms with Gasteiger partial charge in [0.2, 0.25) is 5.95 Å². The van der Waals surface area contributed by atoms with Crippen molar-refractivity contribution in [3.63, 3.8) is 0 Å². The second kappa shape index (κ2) is 4.04. The van der Waals surface area contributed by atoms with E-state index < -0.39 is 0 Å². The maximum Gasteiger partial charge on any atom is 0.226 e. The molecule has 4 heteroatoms. The lowest BCUT2D eigenvalue weighted by molar-refractivity contribution is 0.774. The van der Waals surface area contributed by atoms with Crippen molar-refractivity contribution in [1.82, 2.24) is 9.97 Å². The van der Waals surface area contributed by atoms with Gasteiger partial charge in [0.15, 0.2) is 0 Å². The van der Waals surface area contributed by atoms with Crippen molar-refractivity contribution < 1.29 is 0 Å². The number of hydrogen-bond acceptors (Lipinski definition) is 4. The van der Waals surface area contributed by atoms with Gasteiger partial charge in [-0.2, -0.15) is 4.98 Å². The topological polar surface area (TPSA) is 32.3 Å². The quantitative estimate of drug-likeness (QED) is 0.745. The van der Waals surface area contributed by atoms with Crippen LogP contribution in [0.25, 0.3) is 0 Å². The smallest absolute Gasteiger partial charge is 0.226 e. The molecule has 0 spiro atoms. The first-order valence-corrected chi connectivity index (χ1v) is 5.38. The molecule has 1 fully saturated rings. The molecule has 1 saturated carbocycles. The van der Waals surface area contributed by atoms with Crippen LogP contribution < -0.4 is 9.80 Å². The lowest BCUT2D eigenvalue weighted by Gasteiger charge is -2.19. The number of hydrogen-bond donors (Lipinski definition) is 0. The second-order valence-corrected chi connectivity index (χ2v) is 4.43. The van der Waals surface area contributed by atoms with Gasteiger partial charge in [-0.05, 0) is 24.8 Å². The molecule has 1 aliphatic rings. The predicted molar refractivity (Wildman–Crippen MR) is 62.4 cm³/mol. The molecule has 0 amide bonds. The molecule has 1 aromatic rings. The minimum atomic E-state index is 0.773. The molecule has 1 aliphatic carbocycles. The standard InChI is InChI=1S/C11H18N4/c1-14(2)11-12-7-6-10(13-11)15(3)8-9-4-5-9/h6-7,9H,4-5,8H2,1-3H3. The van der Waals surface area contributed by atoms with E-state index in [9.17, 15) is 0 Å². The van der Waals surface area contributed by atoms with Gasteiger partial charge in [0, 0.05) is 33.9 Å². The van der Waals surface area contributed by atoms with E-state index in [1.165, 1.54) is 12.8 Å². The van der Waals surface area contributed by atoms with Crippen molar-refractivity contribution in [2.45, 2.75) is 12.8 Å². The van der Waals surface area contributed by atoms with E-state index >= 15 is 0 Å². The molecule has 0 bridgehead atoms. The summed E-state index contributed by atoms with van der Waals surface area (Å²) in [4.78, 5) is 12.8. The molecule has 2 rings (SSSR count). The molecule has 0 saturated heterocycles. The van der Waals surface area contributed by atoms with Gasteiger partial charge < -0.3 is 9.80 Å². The Morgan fingerprint density at radius 3 is 2.67 bits per heavy atom. The first kappa shape index (κ1) is 10.2. The van der Waals surface area contributed by atoms with Crippen LogP contribution in [0.5, 0.6) is 0 Å². The highest BCUT2D eigenvalue weighted by Gasteiger charge is 2.23. The molecule has 82 valence electrons. The first-order valence-electron chi connectivity index (χ1n) is 5.38. The van der Waals surface area contributed by atoms with Crippen molar-refractivity contribution in [2.24, 2.45) is 5.92 Å². The monoisotopic (exact) mass is 206 g/mol. The van der Waals surface area contributed by atoms with Crippen LogP contribution in [0.4, 0.5) is 11.8 Å². The summed E-state index contributed by atoms with van der Waals surface area (Å²) in [6.45, 7) is 1.11. The molecule has 1 heterocycles. The highest BCUT2D eigenvalue weighted by molar-refractivity contribution is 5.42. The molecular weight excluding hydrogens is 188 g/mol. The summed E-state index contributed by atoms with van der Waals surface area (Å²) in [5.74, 6) is 2.67. The van der Waals surface area contributed by atoms with E-state index in [1.807, 2.05) is 31.3 Å². The Balaban J connectivity index is 2.08. The Morgan fingerprint density at radius 2 is 2.07 bits per heavy atom. The Morgan fingerprint density at radius 1 is 1.33 bits per heavy atom. The van der Waals surface area contributed by atoms with Crippen LogP contribution in [0.15, 0.2) is 12.3 Å². The fourth-order valence-corrected chi connectivity index (χ4v) is 1.55. The molecule has 0 aromatic carbocycles. The normalized spacial score (nSPS) is 15.1. The van der Waals surface area contributed by atoms with E-state index in [0.717, 1.165) is 24.2 Å². The van der Waals surface area contributed by atoms with E-state index in [1.54, 1.807) is 0 Å².